The van der Waals surface area contributed by atoms with Crippen LogP contribution in [0.5, 0.6) is 0 Å². The molecule has 0 aromatic heterocycles. The lowest BCUT2D eigenvalue weighted by Gasteiger charge is -2.13. The zero-order valence-corrected chi connectivity index (χ0v) is 5.20. The Kier molecular flexibility index (Phi) is 0.977. The first-order chi connectivity index (χ1) is 4.77. The van der Waals surface area contributed by atoms with Crippen molar-refractivity contribution >= 4 is 11.9 Å². The smallest absolute Gasteiger partial charge is 0.320 e. The summed E-state index contributed by atoms with van der Waals surface area (Å²) in [7, 11) is 0. The van der Waals surface area contributed by atoms with Crippen molar-refractivity contribution in [1.29, 1.82) is 0 Å². The van der Waals surface area contributed by atoms with Crippen molar-refractivity contribution in [3.63, 3.8) is 0 Å². The fourth-order valence-electron chi connectivity index (χ4n) is 1.22. The second-order valence-corrected chi connectivity index (χ2v) is 2.48. The number of fused-ring (bicyclic) bond motifs is 2. The molecule has 2 aliphatic rings. The summed E-state index contributed by atoms with van der Waals surface area (Å²) in [5.74, 6) is -1.48. The van der Waals surface area contributed by atoms with E-state index in [1.165, 1.54) is 0 Å². The van der Waals surface area contributed by atoms with Gasteiger partial charge in [0.05, 0.1) is 0 Å². The average molecular weight is 142 g/mol. The zero-order valence-electron chi connectivity index (χ0n) is 5.20. The van der Waals surface area contributed by atoms with Crippen LogP contribution in [0.15, 0.2) is 0 Å². The molecule has 2 aliphatic heterocycles. The summed E-state index contributed by atoms with van der Waals surface area (Å²) in [6.07, 6.45) is 0.340. The normalized spacial score (nSPS) is 37.2. The van der Waals surface area contributed by atoms with Gasteiger partial charge in [0.2, 0.25) is 0 Å². The molecule has 2 heterocycles. The number of cyclic esters (lactones) is 1. The average Bonchev–Trinajstić information content (AvgIpc) is 2.21. The van der Waals surface area contributed by atoms with Crippen molar-refractivity contribution in [3.8, 4) is 0 Å². The highest BCUT2D eigenvalue weighted by molar-refractivity contribution is 5.97. The molecule has 10 heavy (non-hydrogen) atoms. The number of esters is 2. The summed E-state index contributed by atoms with van der Waals surface area (Å²) in [5.41, 5.74) is 0. The summed E-state index contributed by atoms with van der Waals surface area (Å²) >= 11 is 0. The van der Waals surface area contributed by atoms with Gasteiger partial charge in [0.25, 0.3) is 0 Å². The highest BCUT2D eigenvalue weighted by atomic mass is 16.6. The summed E-state index contributed by atoms with van der Waals surface area (Å²) in [5, 5.41) is 0. The maximum Gasteiger partial charge on any atom is 0.320 e. The Hall–Kier alpha value is -1.06. The SMILES string of the molecule is O=C1OCC2CC1C(=O)O2. The molecule has 2 unspecified atom stereocenters. The summed E-state index contributed by atoms with van der Waals surface area (Å²) < 4.78 is 9.42. The van der Waals surface area contributed by atoms with Crippen LogP contribution in [0, 0.1) is 5.92 Å². The fraction of sp³-hybridized carbons (Fsp3) is 0.667. The predicted octanol–water partition coefficient (Wildman–Crippen LogP) is -0.525. The van der Waals surface area contributed by atoms with Crippen molar-refractivity contribution in [2.75, 3.05) is 6.61 Å². The minimum Gasteiger partial charge on any atom is -0.461 e. The van der Waals surface area contributed by atoms with Gasteiger partial charge in [0.1, 0.15) is 12.7 Å². The van der Waals surface area contributed by atoms with E-state index in [1.807, 2.05) is 0 Å². The van der Waals surface area contributed by atoms with E-state index in [4.69, 9.17) is 4.74 Å². The molecule has 0 N–H and O–H groups in total. The molecule has 0 spiro atoms. The van der Waals surface area contributed by atoms with Gasteiger partial charge < -0.3 is 9.47 Å². The first-order valence-corrected chi connectivity index (χ1v) is 3.14. The Morgan fingerprint density at radius 2 is 2.10 bits per heavy atom. The second kappa shape index (κ2) is 1.71. The molecule has 0 saturated carbocycles. The Labute approximate surface area is 57.1 Å². The van der Waals surface area contributed by atoms with Crippen molar-refractivity contribution in [2.45, 2.75) is 12.5 Å². The first-order valence-electron chi connectivity index (χ1n) is 3.14. The van der Waals surface area contributed by atoms with Crippen LogP contribution in [0.1, 0.15) is 6.42 Å². The third-order valence-corrected chi connectivity index (χ3v) is 1.76. The van der Waals surface area contributed by atoms with E-state index in [2.05, 4.69) is 4.74 Å². The number of carbonyl (C=O) groups excluding carboxylic acids is 2. The molecule has 0 aromatic carbocycles. The third kappa shape index (κ3) is 0.616. The molecule has 0 amide bonds. The molecule has 2 rings (SSSR count). The number of hydrogen-bond donors (Lipinski definition) is 0. The minimum atomic E-state index is -0.626. The second-order valence-electron chi connectivity index (χ2n) is 2.48. The summed E-state index contributed by atoms with van der Waals surface area (Å²) in [6.45, 7) is 0.237. The summed E-state index contributed by atoms with van der Waals surface area (Å²) in [4.78, 5) is 21.5. The van der Waals surface area contributed by atoms with Gasteiger partial charge in [-0.05, 0) is 0 Å². The van der Waals surface area contributed by atoms with E-state index < -0.39 is 17.9 Å². The molecule has 0 aliphatic carbocycles. The van der Waals surface area contributed by atoms with Crippen LogP contribution in [0.3, 0.4) is 0 Å². The number of hydrogen-bond acceptors (Lipinski definition) is 4. The molecule has 2 fully saturated rings. The largest absolute Gasteiger partial charge is 0.461 e. The van der Waals surface area contributed by atoms with Gasteiger partial charge in [-0.2, -0.15) is 0 Å². The van der Waals surface area contributed by atoms with Crippen LogP contribution in [-0.4, -0.2) is 24.6 Å². The van der Waals surface area contributed by atoms with E-state index in [-0.39, 0.29) is 12.7 Å². The lowest BCUT2D eigenvalue weighted by molar-refractivity contribution is -0.153. The predicted molar refractivity (Wildman–Crippen MR) is 28.9 cm³/mol. The van der Waals surface area contributed by atoms with E-state index in [0.717, 1.165) is 0 Å². The first kappa shape index (κ1) is 5.70. The van der Waals surface area contributed by atoms with Gasteiger partial charge in [-0.3, -0.25) is 9.59 Å². The number of ether oxygens (including phenoxy) is 2. The Morgan fingerprint density at radius 3 is 2.80 bits per heavy atom. The standard InChI is InChI=1S/C6H6O4/c7-5-4-1-3(2-9-5)10-6(4)8/h3-4H,1-2H2. The van der Waals surface area contributed by atoms with Crippen LogP contribution in [-0.2, 0) is 19.1 Å². The van der Waals surface area contributed by atoms with Crippen LogP contribution in [0.4, 0.5) is 0 Å². The zero-order chi connectivity index (χ0) is 7.14. The maximum absolute atomic E-state index is 10.7. The molecule has 0 radical (unpaired) electrons. The Morgan fingerprint density at radius 1 is 1.30 bits per heavy atom. The van der Waals surface area contributed by atoms with E-state index in [1.54, 1.807) is 0 Å². The van der Waals surface area contributed by atoms with Crippen molar-refractivity contribution in [3.05, 3.63) is 0 Å². The molecular weight excluding hydrogens is 136 g/mol. The quantitative estimate of drug-likeness (QED) is 0.337. The highest BCUT2D eigenvalue weighted by Gasteiger charge is 2.45. The van der Waals surface area contributed by atoms with Gasteiger partial charge in [0, 0.05) is 6.42 Å². The van der Waals surface area contributed by atoms with Crippen LogP contribution in [0.2, 0.25) is 0 Å². The van der Waals surface area contributed by atoms with Gasteiger partial charge in [-0.25, -0.2) is 0 Å². The summed E-state index contributed by atoms with van der Waals surface area (Å²) in [6, 6.07) is 0. The van der Waals surface area contributed by atoms with Crippen molar-refractivity contribution < 1.29 is 19.1 Å². The number of carbonyl (C=O) groups is 2. The van der Waals surface area contributed by atoms with Gasteiger partial charge in [-0.1, -0.05) is 0 Å². The molecule has 2 atom stereocenters. The Bertz CT molecular complexity index is 190. The van der Waals surface area contributed by atoms with Gasteiger partial charge in [-0.15, -0.1) is 0 Å². The minimum absolute atomic E-state index is 0.171. The van der Waals surface area contributed by atoms with Gasteiger partial charge in [0.15, 0.2) is 5.92 Å². The lowest BCUT2D eigenvalue weighted by Crippen LogP contribution is -2.27. The van der Waals surface area contributed by atoms with E-state index >= 15 is 0 Å². The topological polar surface area (TPSA) is 52.6 Å². The number of rotatable bonds is 0. The molecule has 4 nitrogen and oxygen atoms in total. The molecule has 0 aromatic rings. The molecule has 2 saturated heterocycles. The van der Waals surface area contributed by atoms with Crippen molar-refractivity contribution in [1.82, 2.24) is 0 Å². The van der Waals surface area contributed by atoms with E-state index in [0.29, 0.717) is 6.42 Å². The molecule has 54 valence electrons. The lowest BCUT2D eigenvalue weighted by atomic mass is 10.0. The van der Waals surface area contributed by atoms with Gasteiger partial charge >= 0.3 is 11.9 Å². The van der Waals surface area contributed by atoms with E-state index in [9.17, 15) is 9.59 Å². The Balaban J connectivity index is 2.25. The third-order valence-electron chi connectivity index (χ3n) is 1.76. The van der Waals surface area contributed by atoms with Crippen LogP contribution >= 0.6 is 0 Å². The molecular formula is C6H6O4. The highest BCUT2D eigenvalue weighted by Crippen LogP contribution is 2.26. The molecule has 4 heteroatoms. The molecule has 2 bridgehead atoms. The van der Waals surface area contributed by atoms with Crippen molar-refractivity contribution in [2.24, 2.45) is 5.92 Å². The van der Waals surface area contributed by atoms with Crippen LogP contribution < -0.4 is 0 Å². The van der Waals surface area contributed by atoms with Crippen LogP contribution in [0.25, 0.3) is 0 Å². The monoisotopic (exact) mass is 142 g/mol. The fourth-order valence-corrected chi connectivity index (χ4v) is 1.22. The maximum atomic E-state index is 10.7.